The number of carbonyl (C=O) groups excluding carboxylic acids is 1. The van der Waals surface area contributed by atoms with E-state index in [4.69, 9.17) is 27.9 Å². The third-order valence-corrected chi connectivity index (χ3v) is 8.15. The third-order valence-electron chi connectivity index (χ3n) is 7.92. The fourth-order valence-corrected chi connectivity index (χ4v) is 5.98. The summed E-state index contributed by atoms with van der Waals surface area (Å²) in [6.07, 6.45) is 7.22. The number of nitrogens with zero attached hydrogens (tertiary/aromatic N) is 6. The Balaban J connectivity index is 1.31. The molecule has 1 N–H and O–H groups in total. The van der Waals surface area contributed by atoms with Crippen LogP contribution in [0.1, 0.15) is 40.2 Å². The molecular formula is C32H30ClN7O2. The molecule has 212 valence electrons. The van der Waals surface area contributed by atoms with Crippen molar-refractivity contribution in [2.24, 2.45) is 7.05 Å². The van der Waals surface area contributed by atoms with Crippen LogP contribution in [-0.4, -0.2) is 63.7 Å². The number of nitrogens with one attached hydrogen (secondary N) is 1. The van der Waals surface area contributed by atoms with E-state index in [0.29, 0.717) is 42.6 Å². The highest BCUT2D eigenvalue weighted by Crippen LogP contribution is 2.45. The van der Waals surface area contributed by atoms with Gasteiger partial charge < -0.3 is 19.5 Å². The molecule has 10 heteroatoms. The predicted octanol–water partition coefficient (Wildman–Crippen LogP) is 6.20. The second-order valence-electron chi connectivity index (χ2n) is 10.4. The summed E-state index contributed by atoms with van der Waals surface area (Å²) in [4.78, 5) is 29.9. The number of hydrogen-bond donors (Lipinski definition) is 1. The highest BCUT2D eigenvalue weighted by Gasteiger charge is 2.35. The Morgan fingerprint density at radius 3 is 2.62 bits per heavy atom. The summed E-state index contributed by atoms with van der Waals surface area (Å²) in [7, 11) is 3.67. The lowest BCUT2D eigenvalue weighted by Crippen LogP contribution is -2.51. The molecule has 1 aliphatic heterocycles. The molecule has 9 nitrogen and oxygen atoms in total. The number of urea groups is 1. The van der Waals surface area contributed by atoms with Crippen LogP contribution in [0.3, 0.4) is 0 Å². The maximum absolute atomic E-state index is 13.1. The van der Waals surface area contributed by atoms with Crippen LogP contribution >= 0.6 is 11.6 Å². The summed E-state index contributed by atoms with van der Waals surface area (Å²) in [5.41, 5.74) is 7.18. The van der Waals surface area contributed by atoms with Crippen LogP contribution in [-0.2, 0) is 11.8 Å². The van der Waals surface area contributed by atoms with Gasteiger partial charge in [0.25, 0.3) is 0 Å². The molecule has 0 saturated carbocycles. The van der Waals surface area contributed by atoms with Gasteiger partial charge >= 0.3 is 6.03 Å². The first-order valence-electron chi connectivity index (χ1n) is 13.7. The van der Waals surface area contributed by atoms with Gasteiger partial charge in [0.05, 0.1) is 36.5 Å². The van der Waals surface area contributed by atoms with Crippen molar-refractivity contribution in [1.82, 2.24) is 24.3 Å². The number of carbonyl (C=O) groups is 1. The molecule has 1 unspecified atom stereocenters. The summed E-state index contributed by atoms with van der Waals surface area (Å²) >= 11 is 6.60. The van der Waals surface area contributed by atoms with Gasteiger partial charge in [0.1, 0.15) is 6.10 Å². The standard InChI is InChI=1S/C32H30ClN7O2/c1-34-23-7-9-24(10-8-23)37-32(41)40-15-13-39(14-16-40)30-25-11-6-22(33)18-26(25)27(17-21-5-4-12-36-29(21)30)31(42-3)28-19-35-20-38(28)2/h4-12,17-20,30-31H,13-16H2,2-3H3,(H,37,41)/t30-,31?/m0/s1. The Morgan fingerprint density at radius 1 is 1.14 bits per heavy atom. The molecule has 0 radical (unpaired) electrons. The van der Waals surface area contributed by atoms with E-state index >= 15 is 0 Å². The smallest absolute Gasteiger partial charge is 0.321 e. The van der Waals surface area contributed by atoms with Gasteiger partial charge in [-0.3, -0.25) is 9.88 Å². The Kier molecular flexibility index (Phi) is 7.76. The predicted molar refractivity (Wildman–Crippen MR) is 163 cm³/mol. The van der Waals surface area contributed by atoms with E-state index in [9.17, 15) is 4.79 Å². The van der Waals surface area contributed by atoms with Gasteiger partial charge in [-0.2, -0.15) is 0 Å². The number of anilines is 1. The highest BCUT2D eigenvalue weighted by molar-refractivity contribution is 6.30. The number of imidazole rings is 1. The summed E-state index contributed by atoms with van der Waals surface area (Å²) in [6, 6.07) is 16.7. The number of benzene rings is 2. The fraction of sp³-hybridized carbons (Fsp3) is 0.250. The van der Waals surface area contributed by atoms with E-state index < -0.39 is 0 Å². The van der Waals surface area contributed by atoms with Crippen LogP contribution in [0, 0.1) is 6.57 Å². The topological polar surface area (TPSA) is 79.9 Å². The van der Waals surface area contributed by atoms with Crippen LogP contribution in [0.5, 0.6) is 0 Å². The van der Waals surface area contributed by atoms with Gasteiger partial charge in [-0.15, -0.1) is 0 Å². The quantitative estimate of drug-likeness (QED) is 0.285. The van der Waals surface area contributed by atoms with Crippen LogP contribution in [0.4, 0.5) is 16.2 Å². The van der Waals surface area contributed by atoms with Gasteiger partial charge in [0.15, 0.2) is 5.69 Å². The molecular weight excluding hydrogens is 550 g/mol. The number of aryl methyl sites for hydroxylation is 1. The van der Waals surface area contributed by atoms with Gasteiger partial charge in [-0.25, -0.2) is 14.6 Å². The zero-order chi connectivity index (χ0) is 29.2. The van der Waals surface area contributed by atoms with E-state index in [0.717, 1.165) is 33.7 Å². The summed E-state index contributed by atoms with van der Waals surface area (Å²) in [5, 5.41) is 3.60. The Morgan fingerprint density at radius 2 is 1.93 bits per heavy atom. The third kappa shape index (κ3) is 5.28. The lowest BCUT2D eigenvalue weighted by Gasteiger charge is -2.39. The highest BCUT2D eigenvalue weighted by atomic mass is 35.5. The number of methoxy groups -OCH3 is 1. The summed E-state index contributed by atoms with van der Waals surface area (Å²) in [6.45, 7) is 9.57. The molecule has 2 aromatic carbocycles. The minimum Gasteiger partial charge on any atom is -0.370 e. The van der Waals surface area contributed by atoms with Crippen LogP contribution in [0.25, 0.3) is 16.5 Å². The van der Waals surface area contributed by atoms with Crippen molar-refractivity contribution in [2.75, 3.05) is 38.6 Å². The average molecular weight is 580 g/mol. The van der Waals surface area contributed by atoms with Crippen molar-refractivity contribution in [2.45, 2.75) is 12.1 Å². The number of pyridine rings is 1. The second-order valence-corrected chi connectivity index (χ2v) is 10.8. The van der Waals surface area contributed by atoms with Crippen molar-refractivity contribution in [3.63, 3.8) is 0 Å². The Bertz CT molecular complexity index is 1680. The number of ether oxygens (including phenoxy) is 1. The number of amides is 2. The molecule has 0 spiro atoms. The average Bonchev–Trinajstić information content (AvgIpc) is 3.38. The fourth-order valence-electron chi connectivity index (χ4n) is 5.81. The molecule has 0 bridgehead atoms. The first kappa shape index (κ1) is 27.7. The number of aromatic nitrogens is 3. The molecule has 42 heavy (non-hydrogen) atoms. The molecule has 6 rings (SSSR count). The summed E-state index contributed by atoms with van der Waals surface area (Å²) < 4.78 is 8.06. The first-order chi connectivity index (χ1) is 20.5. The number of hydrogen-bond acceptors (Lipinski definition) is 5. The van der Waals surface area contributed by atoms with E-state index in [2.05, 4.69) is 38.3 Å². The van der Waals surface area contributed by atoms with E-state index in [1.807, 2.05) is 47.1 Å². The van der Waals surface area contributed by atoms with Crippen molar-refractivity contribution in [3.05, 3.63) is 118 Å². The normalized spacial score (nSPS) is 17.3. The van der Waals surface area contributed by atoms with Crippen LogP contribution in [0.2, 0.25) is 5.02 Å². The largest absolute Gasteiger partial charge is 0.370 e. The minimum absolute atomic E-state index is 0.141. The van der Waals surface area contributed by atoms with E-state index in [1.165, 1.54) is 0 Å². The monoisotopic (exact) mass is 579 g/mol. The molecule has 2 amide bonds. The van der Waals surface area contributed by atoms with E-state index in [1.54, 1.807) is 37.7 Å². The number of halogens is 1. The molecule has 4 aromatic rings. The first-order valence-corrected chi connectivity index (χ1v) is 14.1. The maximum atomic E-state index is 13.1. The Hall–Kier alpha value is -4.49. The lowest BCUT2D eigenvalue weighted by atomic mass is 9.91. The van der Waals surface area contributed by atoms with E-state index in [-0.39, 0.29) is 18.2 Å². The second kappa shape index (κ2) is 11.8. The summed E-state index contributed by atoms with van der Waals surface area (Å²) in [5.74, 6) is 0. The molecule has 2 aromatic heterocycles. The van der Waals surface area contributed by atoms with Crippen molar-refractivity contribution in [3.8, 4) is 0 Å². The van der Waals surface area contributed by atoms with Crippen molar-refractivity contribution in [1.29, 1.82) is 0 Å². The maximum Gasteiger partial charge on any atom is 0.321 e. The molecule has 2 aliphatic rings. The molecule has 1 saturated heterocycles. The molecule has 2 atom stereocenters. The van der Waals surface area contributed by atoms with Crippen molar-refractivity contribution >= 4 is 40.7 Å². The molecule has 3 heterocycles. The molecule has 1 fully saturated rings. The number of piperazine rings is 1. The lowest BCUT2D eigenvalue weighted by molar-refractivity contribution is 0.124. The number of rotatable bonds is 5. The SMILES string of the molecule is [C-]#[N+]c1ccc(NC(=O)N2CCN([C@H]3c4ccc(Cl)cc4C(C(OC)c4cncn4C)=Cc4cccnc43)CC2)cc1. The minimum atomic E-state index is -0.370. The molecule has 1 aliphatic carbocycles. The zero-order valence-corrected chi connectivity index (χ0v) is 24.1. The van der Waals surface area contributed by atoms with Gasteiger partial charge in [-0.05, 0) is 58.7 Å². The van der Waals surface area contributed by atoms with Crippen LogP contribution in [0.15, 0.2) is 73.3 Å². The number of fused-ring (bicyclic) bond motifs is 2. The zero-order valence-electron chi connectivity index (χ0n) is 23.4. The Labute approximate surface area is 249 Å². The van der Waals surface area contributed by atoms with Crippen LogP contribution < -0.4 is 5.32 Å². The van der Waals surface area contributed by atoms with Gasteiger partial charge in [0, 0.05) is 57.2 Å². The van der Waals surface area contributed by atoms with Gasteiger partial charge in [0.2, 0.25) is 0 Å². The van der Waals surface area contributed by atoms with Gasteiger partial charge in [-0.1, -0.05) is 35.9 Å². The van der Waals surface area contributed by atoms with Crippen molar-refractivity contribution < 1.29 is 9.53 Å².